The quantitative estimate of drug-likeness (QED) is 0.286. The number of anilines is 1. The molecule has 0 radical (unpaired) electrons. The first kappa shape index (κ1) is 21.7. The number of H-pyrrole nitrogens is 1. The van der Waals surface area contributed by atoms with E-state index in [1.165, 1.54) is 19.1 Å². The number of benzene rings is 1. The van der Waals surface area contributed by atoms with Crippen molar-refractivity contribution in [2.75, 3.05) is 12.3 Å². The van der Waals surface area contributed by atoms with Crippen LogP contribution in [0, 0.1) is 0 Å². The zero-order valence-corrected chi connectivity index (χ0v) is 17.3. The zero-order valence-electron chi connectivity index (χ0n) is 15.6. The van der Waals surface area contributed by atoms with Crippen molar-refractivity contribution in [3.8, 4) is 22.6 Å². The fourth-order valence-electron chi connectivity index (χ4n) is 2.74. The van der Waals surface area contributed by atoms with E-state index in [4.69, 9.17) is 16.6 Å². The van der Waals surface area contributed by atoms with Crippen LogP contribution in [-0.4, -0.2) is 55.0 Å². The maximum Gasteiger partial charge on any atom is 0.242 e. The van der Waals surface area contributed by atoms with Gasteiger partial charge < -0.3 is 11.5 Å². The normalized spacial score (nSPS) is 13.3. The van der Waals surface area contributed by atoms with Crippen molar-refractivity contribution in [1.82, 2.24) is 30.3 Å². The number of sulfonamides is 2. The summed E-state index contributed by atoms with van der Waals surface area (Å²) in [6, 6.07) is 6.51. The second-order valence-electron chi connectivity index (χ2n) is 6.30. The molecule has 0 spiro atoms. The van der Waals surface area contributed by atoms with Crippen molar-refractivity contribution >= 4 is 25.9 Å². The molecule has 1 unspecified atom stereocenters. The maximum atomic E-state index is 12.9. The molecule has 0 saturated carbocycles. The van der Waals surface area contributed by atoms with Crippen LogP contribution in [0.1, 0.15) is 6.92 Å². The number of hydrogen-bond donors (Lipinski definition) is 5. The Labute approximate surface area is 172 Å². The van der Waals surface area contributed by atoms with Crippen LogP contribution in [0.3, 0.4) is 0 Å². The monoisotopic (exact) mass is 453 g/mol. The first-order valence-electron chi connectivity index (χ1n) is 8.43. The smallest absolute Gasteiger partial charge is 0.242 e. The van der Waals surface area contributed by atoms with Gasteiger partial charge in [-0.15, -0.1) is 10.2 Å². The van der Waals surface area contributed by atoms with Gasteiger partial charge in [-0.2, -0.15) is 5.21 Å². The van der Waals surface area contributed by atoms with E-state index in [0.29, 0.717) is 0 Å². The van der Waals surface area contributed by atoms with Crippen molar-refractivity contribution in [3.05, 3.63) is 30.3 Å². The van der Waals surface area contributed by atoms with Crippen LogP contribution in [0.5, 0.6) is 0 Å². The Morgan fingerprint density at radius 3 is 2.47 bits per heavy atom. The van der Waals surface area contributed by atoms with Gasteiger partial charge in [0.25, 0.3) is 0 Å². The summed E-state index contributed by atoms with van der Waals surface area (Å²) in [5, 5.41) is 18.7. The summed E-state index contributed by atoms with van der Waals surface area (Å²) >= 11 is 0. The Kier molecular flexibility index (Phi) is 5.82. The predicted molar refractivity (Wildman–Crippen MR) is 107 cm³/mol. The largest absolute Gasteiger partial charge is 0.384 e. The van der Waals surface area contributed by atoms with E-state index in [1.807, 2.05) is 0 Å². The molecule has 1 aromatic carbocycles. The summed E-state index contributed by atoms with van der Waals surface area (Å²) in [6.45, 7) is 1.52. The summed E-state index contributed by atoms with van der Waals surface area (Å²) in [6.07, 6.45) is 0. The van der Waals surface area contributed by atoms with Crippen LogP contribution in [0.15, 0.2) is 40.1 Å². The Hall–Kier alpha value is -2.98. The van der Waals surface area contributed by atoms with Gasteiger partial charge in [-0.3, -0.25) is 0 Å². The van der Waals surface area contributed by atoms with Crippen molar-refractivity contribution in [3.63, 3.8) is 0 Å². The van der Waals surface area contributed by atoms with E-state index in [0.717, 1.165) is 6.07 Å². The van der Waals surface area contributed by atoms with E-state index in [2.05, 4.69) is 30.3 Å². The number of nitrogens with zero attached hydrogens (tertiary/aromatic N) is 4. The average Bonchev–Trinajstić information content (AvgIpc) is 3.20. The third-order valence-corrected chi connectivity index (χ3v) is 6.78. The molecule has 0 amide bonds. The summed E-state index contributed by atoms with van der Waals surface area (Å²) in [5.41, 5.74) is 11.5. The van der Waals surface area contributed by atoms with E-state index < -0.39 is 35.9 Å². The van der Waals surface area contributed by atoms with Crippen molar-refractivity contribution in [1.29, 1.82) is 0 Å². The van der Waals surface area contributed by atoms with Crippen LogP contribution < -0.4 is 21.3 Å². The van der Waals surface area contributed by atoms with Gasteiger partial charge in [0.2, 0.25) is 25.9 Å². The molecule has 0 aliphatic carbocycles. The molecule has 0 fully saturated rings. The van der Waals surface area contributed by atoms with Gasteiger partial charge in [-0.25, -0.2) is 31.7 Å². The Balaban J connectivity index is 2.42. The predicted octanol–water partition coefficient (Wildman–Crippen LogP) is -1.22. The molecule has 3 aromatic rings. The molecule has 0 aliphatic rings. The molecule has 2 heterocycles. The highest BCUT2D eigenvalue weighted by Crippen LogP contribution is 2.38. The molecule has 0 aliphatic heterocycles. The van der Waals surface area contributed by atoms with E-state index in [1.54, 1.807) is 12.1 Å². The highest BCUT2D eigenvalue weighted by Gasteiger charge is 2.32. The lowest BCUT2D eigenvalue weighted by Gasteiger charge is -2.18. The van der Waals surface area contributed by atoms with Gasteiger partial charge in [0, 0.05) is 18.2 Å². The number of hydrogen-bond acceptors (Lipinski definition) is 10. The van der Waals surface area contributed by atoms with Crippen LogP contribution in [0.4, 0.5) is 5.82 Å². The van der Waals surface area contributed by atoms with E-state index >= 15 is 0 Å². The van der Waals surface area contributed by atoms with Gasteiger partial charge in [0.15, 0.2) is 0 Å². The van der Waals surface area contributed by atoms with Crippen LogP contribution in [-0.2, 0) is 20.0 Å². The molecule has 2 aromatic heterocycles. The van der Waals surface area contributed by atoms with Crippen LogP contribution >= 0.6 is 0 Å². The number of pyridine rings is 1. The van der Waals surface area contributed by atoms with Crippen LogP contribution in [0.2, 0.25) is 0 Å². The lowest BCUT2D eigenvalue weighted by atomic mass is 10.0. The molecule has 1 atom stereocenters. The number of nitrogens with one attached hydrogen (secondary N) is 2. The summed E-state index contributed by atoms with van der Waals surface area (Å²) in [7, 11) is -8.91. The second-order valence-corrected chi connectivity index (χ2v) is 9.48. The number of nitrogen functional groups attached to an aromatic ring is 1. The zero-order chi connectivity index (χ0) is 22.1. The molecule has 0 bridgehead atoms. The molecule has 15 heteroatoms. The van der Waals surface area contributed by atoms with Gasteiger partial charge >= 0.3 is 0 Å². The number of aromatic amines is 1. The number of aromatic nitrogens is 5. The van der Waals surface area contributed by atoms with E-state index in [-0.39, 0.29) is 35.0 Å². The lowest BCUT2D eigenvalue weighted by Crippen LogP contribution is -2.38. The minimum Gasteiger partial charge on any atom is -0.384 e. The average molecular weight is 454 g/mol. The van der Waals surface area contributed by atoms with Crippen LogP contribution in [0.25, 0.3) is 22.6 Å². The molecule has 8 N–H and O–H groups in total. The van der Waals surface area contributed by atoms with Crippen molar-refractivity contribution < 1.29 is 16.8 Å². The Bertz CT molecular complexity index is 1280. The molecular formula is C15H19N9O4S2. The standard InChI is InChI=1S/C15H19N9O4S2/c1-8(7-16)22-30(27,28)11-6-5-9(10-3-2-4-12(17)19-10)13(14(11)29(18,25)26)15-20-23-24-21-15/h2-6,8,22H,7,16H2,1H3,(H2,17,19)(H2,18,25,26)(H,20,21,23,24). The fourth-order valence-corrected chi connectivity index (χ4v) is 5.60. The summed E-state index contributed by atoms with van der Waals surface area (Å²) < 4.78 is 53.2. The van der Waals surface area contributed by atoms with E-state index in [9.17, 15) is 16.8 Å². The van der Waals surface area contributed by atoms with Crippen molar-refractivity contribution in [2.24, 2.45) is 10.9 Å². The second kappa shape index (κ2) is 8.04. The molecule has 13 nitrogen and oxygen atoms in total. The molecule has 160 valence electrons. The third-order valence-electron chi connectivity index (χ3n) is 4.02. The summed E-state index contributed by atoms with van der Waals surface area (Å²) in [5.74, 6) is -0.0268. The molecule has 30 heavy (non-hydrogen) atoms. The Morgan fingerprint density at radius 2 is 1.90 bits per heavy atom. The van der Waals surface area contributed by atoms with Crippen molar-refractivity contribution in [2.45, 2.75) is 22.8 Å². The maximum absolute atomic E-state index is 12.9. The van der Waals surface area contributed by atoms with Gasteiger partial charge in [0.05, 0.1) is 11.3 Å². The number of tetrazole rings is 1. The number of primary sulfonamides is 1. The topological polar surface area (TPSA) is 226 Å². The van der Waals surface area contributed by atoms with Gasteiger partial charge in [0.1, 0.15) is 15.6 Å². The SMILES string of the molecule is CC(CN)NS(=O)(=O)c1ccc(-c2cccc(N)n2)c(-c2nn[nH]n2)c1S(N)(=O)=O. The highest BCUT2D eigenvalue weighted by molar-refractivity contribution is 7.92. The van der Waals surface area contributed by atoms with Gasteiger partial charge in [-0.05, 0) is 30.3 Å². The number of rotatable bonds is 7. The molecular weight excluding hydrogens is 434 g/mol. The Morgan fingerprint density at radius 1 is 1.17 bits per heavy atom. The highest BCUT2D eigenvalue weighted by atomic mass is 32.2. The lowest BCUT2D eigenvalue weighted by molar-refractivity contribution is 0.557. The molecule has 0 saturated heterocycles. The van der Waals surface area contributed by atoms with Gasteiger partial charge in [-0.1, -0.05) is 12.1 Å². The first-order valence-corrected chi connectivity index (χ1v) is 11.5. The fraction of sp³-hybridized carbons (Fsp3) is 0.200. The minimum absolute atomic E-state index is 0.00701. The third kappa shape index (κ3) is 4.29. The minimum atomic E-state index is -4.59. The number of nitrogens with two attached hydrogens (primary N) is 3. The first-order chi connectivity index (χ1) is 14.0. The molecule has 3 rings (SSSR count). The summed E-state index contributed by atoms with van der Waals surface area (Å²) in [4.78, 5) is 2.87.